The zero-order chi connectivity index (χ0) is 16.1. The first-order valence-corrected chi connectivity index (χ1v) is 7.51. The molecule has 0 bridgehead atoms. The van der Waals surface area contributed by atoms with E-state index < -0.39 is 0 Å². The van der Waals surface area contributed by atoms with Gasteiger partial charge in [-0.3, -0.25) is 0 Å². The topological polar surface area (TPSA) is 33.0 Å². The molecule has 23 heavy (non-hydrogen) atoms. The number of ether oxygens (including phenoxy) is 1. The molecule has 0 aromatic heterocycles. The van der Waals surface area contributed by atoms with E-state index in [1.54, 1.807) is 7.11 Å². The van der Waals surface area contributed by atoms with Crippen LogP contribution in [0, 0.1) is 11.3 Å². The number of nitriles is 1. The maximum atomic E-state index is 9.51. The average Bonchev–Trinajstić information content (AvgIpc) is 2.63. The van der Waals surface area contributed by atoms with Crippen molar-refractivity contribution in [3.63, 3.8) is 0 Å². The molecule has 0 spiro atoms. The molecule has 3 rings (SSSR count). The van der Waals surface area contributed by atoms with Crippen molar-refractivity contribution in [3.05, 3.63) is 90.0 Å². The minimum Gasteiger partial charge on any atom is -0.373 e. The fourth-order valence-corrected chi connectivity index (χ4v) is 2.75. The van der Waals surface area contributed by atoms with Crippen molar-refractivity contribution in [2.75, 3.05) is 7.11 Å². The van der Waals surface area contributed by atoms with Crippen LogP contribution in [-0.4, -0.2) is 7.11 Å². The summed E-state index contributed by atoms with van der Waals surface area (Å²) in [6, 6.07) is 26.3. The maximum Gasteiger partial charge on any atom is 0.102 e. The van der Waals surface area contributed by atoms with Crippen LogP contribution in [0.2, 0.25) is 0 Å². The second-order valence-corrected chi connectivity index (χ2v) is 5.28. The lowest BCUT2D eigenvalue weighted by atomic mass is 9.97. The van der Waals surface area contributed by atoms with Gasteiger partial charge >= 0.3 is 0 Å². The highest BCUT2D eigenvalue weighted by Crippen LogP contribution is 2.29. The first kappa shape index (κ1) is 15.0. The highest BCUT2D eigenvalue weighted by molar-refractivity contribution is 5.87. The van der Waals surface area contributed by atoms with Crippen LogP contribution >= 0.6 is 0 Å². The van der Waals surface area contributed by atoms with Crippen LogP contribution in [0.3, 0.4) is 0 Å². The minimum atomic E-state index is -0.268. The number of hydrogen-bond acceptors (Lipinski definition) is 2. The van der Waals surface area contributed by atoms with Crippen molar-refractivity contribution < 1.29 is 4.74 Å². The summed E-state index contributed by atoms with van der Waals surface area (Å²) in [5.41, 5.74) is 2.58. The van der Waals surface area contributed by atoms with Crippen LogP contribution in [-0.2, 0) is 4.74 Å². The SMILES string of the molecule is COC(/C=C(\C#N)c1ccccc1)c1cccc2ccccc12. The van der Waals surface area contributed by atoms with Crippen LogP contribution in [0.15, 0.2) is 78.9 Å². The van der Waals surface area contributed by atoms with E-state index in [0.717, 1.165) is 16.5 Å². The van der Waals surface area contributed by atoms with E-state index in [1.807, 2.05) is 60.7 Å². The number of rotatable bonds is 4. The molecule has 0 amide bonds. The minimum absolute atomic E-state index is 0.268. The van der Waals surface area contributed by atoms with E-state index in [2.05, 4.69) is 24.3 Å². The van der Waals surface area contributed by atoms with Crippen molar-refractivity contribution in [2.45, 2.75) is 6.10 Å². The molecule has 0 N–H and O–H groups in total. The quantitative estimate of drug-likeness (QED) is 0.625. The van der Waals surface area contributed by atoms with Gasteiger partial charge < -0.3 is 4.74 Å². The normalized spacial score (nSPS) is 12.8. The van der Waals surface area contributed by atoms with Gasteiger partial charge in [-0.25, -0.2) is 0 Å². The average molecular weight is 299 g/mol. The Bertz CT molecular complexity index is 870. The Morgan fingerprint density at radius 2 is 1.65 bits per heavy atom. The molecular weight excluding hydrogens is 282 g/mol. The van der Waals surface area contributed by atoms with Crippen LogP contribution < -0.4 is 0 Å². The number of benzene rings is 3. The monoisotopic (exact) mass is 299 g/mol. The number of allylic oxidation sites excluding steroid dienone is 1. The summed E-state index contributed by atoms with van der Waals surface area (Å²) in [7, 11) is 1.67. The van der Waals surface area contributed by atoms with E-state index in [1.165, 1.54) is 5.39 Å². The van der Waals surface area contributed by atoms with Crippen molar-refractivity contribution in [1.29, 1.82) is 5.26 Å². The highest BCUT2D eigenvalue weighted by atomic mass is 16.5. The summed E-state index contributed by atoms with van der Waals surface area (Å²) in [4.78, 5) is 0. The summed E-state index contributed by atoms with van der Waals surface area (Å²) in [6.07, 6.45) is 1.62. The standard InChI is InChI=1S/C21H17NO/c1-23-21(14-18(15-22)16-8-3-2-4-9-16)20-13-7-11-17-10-5-6-12-19(17)20/h2-14,21H,1H3/b18-14+. The Hall–Kier alpha value is -2.89. The Kier molecular flexibility index (Phi) is 4.52. The number of methoxy groups -OCH3 is 1. The van der Waals surface area contributed by atoms with Gasteiger partial charge in [0.25, 0.3) is 0 Å². The van der Waals surface area contributed by atoms with E-state index in [9.17, 15) is 5.26 Å². The predicted octanol–water partition coefficient (Wildman–Crippen LogP) is 5.13. The Balaban J connectivity index is 2.09. The first-order valence-electron chi connectivity index (χ1n) is 7.51. The lowest BCUT2D eigenvalue weighted by molar-refractivity contribution is 0.144. The van der Waals surface area contributed by atoms with E-state index in [-0.39, 0.29) is 6.10 Å². The molecule has 1 atom stereocenters. The third kappa shape index (κ3) is 3.15. The molecule has 0 heterocycles. The Morgan fingerprint density at radius 1 is 0.957 bits per heavy atom. The maximum absolute atomic E-state index is 9.51. The smallest absolute Gasteiger partial charge is 0.102 e. The van der Waals surface area contributed by atoms with Crippen LogP contribution in [0.1, 0.15) is 17.2 Å². The van der Waals surface area contributed by atoms with Crippen LogP contribution in [0.25, 0.3) is 16.3 Å². The molecule has 0 saturated carbocycles. The second-order valence-electron chi connectivity index (χ2n) is 5.28. The third-order valence-electron chi connectivity index (χ3n) is 3.91. The third-order valence-corrected chi connectivity index (χ3v) is 3.91. The molecule has 0 aliphatic rings. The Morgan fingerprint density at radius 3 is 2.39 bits per heavy atom. The Labute approximate surface area is 136 Å². The number of nitrogens with zero attached hydrogens (tertiary/aromatic N) is 1. The van der Waals surface area contributed by atoms with E-state index >= 15 is 0 Å². The molecule has 0 fully saturated rings. The van der Waals surface area contributed by atoms with Gasteiger partial charge in [-0.1, -0.05) is 72.8 Å². The lowest BCUT2D eigenvalue weighted by Gasteiger charge is -2.15. The largest absolute Gasteiger partial charge is 0.373 e. The molecule has 3 aromatic rings. The van der Waals surface area contributed by atoms with Crippen molar-refractivity contribution in [2.24, 2.45) is 0 Å². The summed E-state index contributed by atoms with van der Waals surface area (Å²) in [6.45, 7) is 0. The van der Waals surface area contributed by atoms with Crippen molar-refractivity contribution >= 4 is 16.3 Å². The van der Waals surface area contributed by atoms with Gasteiger partial charge in [-0.2, -0.15) is 5.26 Å². The lowest BCUT2D eigenvalue weighted by Crippen LogP contribution is -2.00. The first-order chi connectivity index (χ1) is 11.3. The fourth-order valence-electron chi connectivity index (χ4n) is 2.75. The predicted molar refractivity (Wildman–Crippen MR) is 93.7 cm³/mol. The number of fused-ring (bicyclic) bond motifs is 1. The van der Waals surface area contributed by atoms with Crippen LogP contribution in [0.5, 0.6) is 0 Å². The molecule has 3 aromatic carbocycles. The zero-order valence-corrected chi connectivity index (χ0v) is 12.9. The fraction of sp³-hybridized carbons (Fsp3) is 0.0952. The van der Waals surface area contributed by atoms with Crippen molar-refractivity contribution in [1.82, 2.24) is 0 Å². The molecular formula is C21H17NO. The summed E-state index contributed by atoms with van der Waals surface area (Å²) in [5, 5.41) is 11.8. The summed E-state index contributed by atoms with van der Waals surface area (Å²) < 4.78 is 5.67. The highest BCUT2D eigenvalue weighted by Gasteiger charge is 2.13. The van der Waals surface area contributed by atoms with Crippen LogP contribution in [0.4, 0.5) is 0 Å². The van der Waals surface area contributed by atoms with Gasteiger partial charge in [0.2, 0.25) is 0 Å². The zero-order valence-electron chi connectivity index (χ0n) is 12.9. The van der Waals surface area contributed by atoms with E-state index in [4.69, 9.17) is 4.74 Å². The van der Waals surface area contributed by atoms with E-state index in [0.29, 0.717) is 5.57 Å². The molecule has 2 heteroatoms. The summed E-state index contributed by atoms with van der Waals surface area (Å²) in [5.74, 6) is 0. The van der Waals surface area contributed by atoms with Gasteiger partial charge in [-0.15, -0.1) is 0 Å². The molecule has 2 nitrogen and oxygen atoms in total. The van der Waals surface area contributed by atoms with Crippen molar-refractivity contribution in [3.8, 4) is 6.07 Å². The molecule has 1 unspecified atom stereocenters. The van der Waals surface area contributed by atoms with Gasteiger partial charge in [0, 0.05) is 7.11 Å². The number of hydrogen-bond donors (Lipinski definition) is 0. The molecule has 112 valence electrons. The van der Waals surface area contributed by atoms with Gasteiger partial charge in [0.1, 0.15) is 6.10 Å². The molecule has 0 aliphatic carbocycles. The summed E-state index contributed by atoms with van der Waals surface area (Å²) >= 11 is 0. The molecule has 0 aliphatic heterocycles. The second kappa shape index (κ2) is 6.91. The van der Waals surface area contributed by atoms with Gasteiger partial charge in [0.15, 0.2) is 0 Å². The molecule has 0 saturated heterocycles. The van der Waals surface area contributed by atoms with Gasteiger partial charge in [-0.05, 0) is 28.0 Å². The van der Waals surface area contributed by atoms with Gasteiger partial charge in [0.05, 0.1) is 11.6 Å². The molecule has 0 radical (unpaired) electrons.